The van der Waals surface area contributed by atoms with Crippen molar-refractivity contribution in [3.63, 3.8) is 0 Å². The first-order valence-corrected chi connectivity index (χ1v) is 8.59. The molecule has 1 aliphatic carbocycles. The second-order valence-electron chi connectivity index (χ2n) is 4.92. The summed E-state index contributed by atoms with van der Waals surface area (Å²) in [6.07, 6.45) is 2.41. The van der Waals surface area contributed by atoms with E-state index in [9.17, 15) is 8.42 Å². The van der Waals surface area contributed by atoms with E-state index in [2.05, 4.69) is 16.5 Å². The van der Waals surface area contributed by atoms with Crippen molar-refractivity contribution >= 4 is 27.3 Å². The van der Waals surface area contributed by atoms with Crippen molar-refractivity contribution in [2.75, 3.05) is 25.4 Å². The molecular weight excluding hydrogens is 298 g/mol. The van der Waals surface area contributed by atoms with Gasteiger partial charge in [-0.3, -0.25) is 4.90 Å². The molecule has 0 atom stereocenters. The van der Waals surface area contributed by atoms with Crippen LogP contribution in [0.1, 0.15) is 19.8 Å². The number of nitrogen functional groups attached to an aromatic ring is 1. The molecular formula is C13H20ClN3O2S. The summed E-state index contributed by atoms with van der Waals surface area (Å²) in [5.41, 5.74) is 5.88. The highest BCUT2D eigenvalue weighted by atomic mass is 35.5. The summed E-state index contributed by atoms with van der Waals surface area (Å²) in [7, 11) is -3.66. The number of anilines is 1. The summed E-state index contributed by atoms with van der Waals surface area (Å²) in [4.78, 5) is 2.24. The zero-order valence-electron chi connectivity index (χ0n) is 11.5. The van der Waals surface area contributed by atoms with E-state index in [1.165, 1.54) is 25.0 Å². The van der Waals surface area contributed by atoms with Crippen LogP contribution in [0.5, 0.6) is 0 Å². The van der Waals surface area contributed by atoms with Gasteiger partial charge in [0.1, 0.15) is 4.90 Å². The smallest absolute Gasteiger partial charge is 0.244 e. The summed E-state index contributed by atoms with van der Waals surface area (Å²) < 4.78 is 27.0. The van der Waals surface area contributed by atoms with E-state index < -0.39 is 10.0 Å². The van der Waals surface area contributed by atoms with Gasteiger partial charge in [0.15, 0.2) is 0 Å². The predicted molar refractivity (Wildman–Crippen MR) is 81.3 cm³/mol. The Morgan fingerprint density at radius 3 is 2.70 bits per heavy atom. The SMILES string of the molecule is CCN(CCNS(=O)(=O)c1c(N)cccc1Cl)C1CC1. The topological polar surface area (TPSA) is 75.4 Å². The van der Waals surface area contributed by atoms with E-state index >= 15 is 0 Å². The third-order valence-corrected chi connectivity index (χ3v) is 5.43. The Balaban J connectivity index is 2.00. The fourth-order valence-electron chi connectivity index (χ4n) is 2.24. The van der Waals surface area contributed by atoms with Gasteiger partial charge in [-0.25, -0.2) is 13.1 Å². The fourth-order valence-corrected chi connectivity index (χ4v) is 3.94. The van der Waals surface area contributed by atoms with Crippen LogP contribution in [0.25, 0.3) is 0 Å². The van der Waals surface area contributed by atoms with Crippen LogP contribution in [-0.2, 0) is 10.0 Å². The molecule has 0 bridgehead atoms. The molecule has 3 N–H and O–H groups in total. The van der Waals surface area contributed by atoms with Crippen molar-refractivity contribution in [2.45, 2.75) is 30.7 Å². The highest BCUT2D eigenvalue weighted by Gasteiger charge is 2.28. The van der Waals surface area contributed by atoms with Gasteiger partial charge in [-0.05, 0) is 31.5 Å². The Hall–Kier alpha value is -0.820. The standard InChI is InChI=1S/C13H20ClN3O2S/c1-2-17(10-6-7-10)9-8-16-20(18,19)13-11(14)4-3-5-12(13)15/h3-5,10,16H,2,6-9,15H2,1H3. The number of likely N-dealkylation sites (N-methyl/N-ethyl adjacent to an activating group) is 1. The van der Waals surface area contributed by atoms with E-state index in [-0.39, 0.29) is 15.6 Å². The van der Waals surface area contributed by atoms with Crippen molar-refractivity contribution in [3.05, 3.63) is 23.2 Å². The molecule has 0 aromatic heterocycles. The first-order chi connectivity index (χ1) is 9.45. The Morgan fingerprint density at radius 1 is 1.45 bits per heavy atom. The molecule has 0 aliphatic heterocycles. The van der Waals surface area contributed by atoms with Crippen LogP contribution in [-0.4, -0.2) is 39.0 Å². The quantitative estimate of drug-likeness (QED) is 0.750. The van der Waals surface area contributed by atoms with Crippen LogP contribution in [0, 0.1) is 0 Å². The van der Waals surface area contributed by atoms with Gasteiger partial charge >= 0.3 is 0 Å². The molecule has 112 valence electrons. The number of rotatable bonds is 7. The van der Waals surface area contributed by atoms with Gasteiger partial charge in [0.05, 0.1) is 10.7 Å². The second-order valence-corrected chi connectivity index (χ2v) is 7.03. The normalized spacial score (nSPS) is 15.8. The number of nitrogens with one attached hydrogen (secondary N) is 1. The minimum absolute atomic E-state index is 0.0314. The van der Waals surface area contributed by atoms with Gasteiger partial charge in [-0.1, -0.05) is 24.6 Å². The van der Waals surface area contributed by atoms with Crippen LogP contribution in [0.3, 0.4) is 0 Å². The molecule has 5 nitrogen and oxygen atoms in total. The monoisotopic (exact) mass is 317 g/mol. The van der Waals surface area contributed by atoms with Gasteiger partial charge in [0.2, 0.25) is 10.0 Å². The zero-order valence-corrected chi connectivity index (χ0v) is 13.0. The molecule has 1 aromatic carbocycles. The minimum Gasteiger partial charge on any atom is -0.398 e. The zero-order chi connectivity index (χ0) is 14.8. The second kappa shape index (κ2) is 6.30. The number of benzene rings is 1. The predicted octanol–water partition coefficient (Wildman–Crippen LogP) is 1.68. The average Bonchev–Trinajstić information content (AvgIpc) is 3.18. The lowest BCUT2D eigenvalue weighted by Crippen LogP contribution is -2.36. The molecule has 1 aromatic rings. The van der Waals surface area contributed by atoms with E-state index in [0.717, 1.165) is 6.54 Å². The van der Waals surface area contributed by atoms with Gasteiger partial charge in [-0.2, -0.15) is 0 Å². The Labute approximate surface area is 125 Å². The van der Waals surface area contributed by atoms with Gasteiger partial charge in [0.25, 0.3) is 0 Å². The average molecular weight is 318 g/mol. The molecule has 1 fully saturated rings. The summed E-state index contributed by atoms with van der Waals surface area (Å²) in [5, 5.41) is 0.145. The molecule has 0 unspecified atom stereocenters. The lowest BCUT2D eigenvalue weighted by atomic mass is 10.3. The van der Waals surface area contributed by atoms with Crippen LogP contribution in [0.2, 0.25) is 5.02 Å². The molecule has 20 heavy (non-hydrogen) atoms. The van der Waals surface area contributed by atoms with Crippen molar-refractivity contribution < 1.29 is 8.42 Å². The lowest BCUT2D eigenvalue weighted by Gasteiger charge is -2.20. The summed E-state index contributed by atoms with van der Waals surface area (Å²) in [6.45, 7) is 4.07. The van der Waals surface area contributed by atoms with Crippen molar-refractivity contribution in [3.8, 4) is 0 Å². The number of sulfonamides is 1. The third kappa shape index (κ3) is 3.63. The Bertz CT molecular complexity index is 553. The van der Waals surface area contributed by atoms with Crippen molar-refractivity contribution in [2.24, 2.45) is 0 Å². The van der Waals surface area contributed by atoms with Gasteiger partial charge in [-0.15, -0.1) is 0 Å². The van der Waals surface area contributed by atoms with E-state index in [1.807, 2.05) is 0 Å². The minimum atomic E-state index is -3.66. The van der Waals surface area contributed by atoms with Crippen molar-refractivity contribution in [1.82, 2.24) is 9.62 Å². The maximum Gasteiger partial charge on any atom is 0.244 e. The highest BCUT2D eigenvalue weighted by molar-refractivity contribution is 7.89. The van der Waals surface area contributed by atoms with E-state index in [4.69, 9.17) is 17.3 Å². The molecule has 0 amide bonds. The maximum atomic E-state index is 12.2. The Morgan fingerprint density at radius 2 is 2.15 bits per heavy atom. The number of hydrogen-bond donors (Lipinski definition) is 2. The molecule has 7 heteroatoms. The molecule has 1 saturated carbocycles. The Kier molecular flexibility index (Phi) is 4.90. The first-order valence-electron chi connectivity index (χ1n) is 6.73. The number of halogens is 1. The van der Waals surface area contributed by atoms with Gasteiger partial charge in [0, 0.05) is 19.1 Å². The molecule has 0 spiro atoms. The van der Waals surface area contributed by atoms with Crippen LogP contribution >= 0.6 is 11.6 Å². The van der Waals surface area contributed by atoms with Crippen LogP contribution in [0.4, 0.5) is 5.69 Å². The summed E-state index contributed by atoms with van der Waals surface area (Å²) in [6, 6.07) is 5.30. The fraction of sp³-hybridized carbons (Fsp3) is 0.538. The number of hydrogen-bond acceptors (Lipinski definition) is 4. The highest BCUT2D eigenvalue weighted by Crippen LogP contribution is 2.27. The number of nitrogens with zero attached hydrogens (tertiary/aromatic N) is 1. The molecule has 0 saturated heterocycles. The first kappa shape index (κ1) is 15.6. The maximum absolute atomic E-state index is 12.2. The van der Waals surface area contributed by atoms with Crippen LogP contribution in [0.15, 0.2) is 23.1 Å². The summed E-state index contributed by atoms with van der Waals surface area (Å²) in [5.74, 6) is 0. The largest absolute Gasteiger partial charge is 0.398 e. The molecule has 0 heterocycles. The van der Waals surface area contributed by atoms with Gasteiger partial charge < -0.3 is 5.73 Å². The lowest BCUT2D eigenvalue weighted by molar-refractivity contribution is 0.282. The molecule has 1 aliphatic rings. The van der Waals surface area contributed by atoms with E-state index in [0.29, 0.717) is 19.1 Å². The van der Waals surface area contributed by atoms with Crippen LogP contribution < -0.4 is 10.5 Å². The number of nitrogens with two attached hydrogens (primary N) is 1. The van der Waals surface area contributed by atoms with Crippen molar-refractivity contribution in [1.29, 1.82) is 0 Å². The van der Waals surface area contributed by atoms with E-state index in [1.54, 1.807) is 6.07 Å². The third-order valence-electron chi connectivity index (χ3n) is 3.43. The molecule has 2 rings (SSSR count). The molecule has 0 radical (unpaired) electrons. The summed E-state index contributed by atoms with van der Waals surface area (Å²) >= 11 is 5.93.